The Balaban J connectivity index is 1.76. The Labute approximate surface area is 165 Å². The fourth-order valence-electron chi connectivity index (χ4n) is 3.46. The van der Waals surface area contributed by atoms with Crippen LogP contribution in [0.4, 0.5) is 0 Å². The maximum absolute atomic E-state index is 12.7. The third kappa shape index (κ3) is 3.35. The molecule has 5 nitrogen and oxygen atoms in total. The highest BCUT2D eigenvalue weighted by molar-refractivity contribution is 7.18. The van der Waals surface area contributed by atoms with Gasteiger partial charge in [-0.05, 0) is 54.5 Å². The number of phenolic OH excluding ortho intramolecular Hbond substituents is 1. The molecule has 0 spiro atoms. The number of phenols is 1. The van der Waals surface area contributed by atoms with Crippen LogP contribution in [-0.4, -0.2) is 22.2 Å². The van der Waals surface area contributed by atoms with Gasteiger partial charge in [-0.15, -0.1) is 11.3 Å². The van der Waals surface area contributed by atoms with Gasteiger partial charge in [0.05, 0.1) is 17.5 Å². The Hall–Kier alpha value is -2.31. The summed E-state index contributed by atoms with van der Waals surface area (Å²) in [6.45, 7) is 2.24. The number of ether oxygens (including phenoxy) is 1. The van der Waals surface area contributed by atoms with Crippen LogP contribution in [-0.2, 0) is 12.8 Å². The van der Waals surface area contributed by atoms with Crippen LogP contribution in [0.15, 0.2) is 23.0 Å². The van der Waals surface area contributed by atoms with E-state index in [-0.39, 0.29) is 11.3 Å². The highest BCUT2D eigenvalue weighted by Gasteiger charge is 2.23. The summed E-state index contributed by atoms with van der Waals surface area (Å²) in [5.41, 5.74) is 1.74. The predicted molar refractivity (Wildman–Crippen MR) is 110 cm³/mol. The molecule has 4 rings (SSSR count). The molecule has 0 fully saturated rings. The quantitative estimate of drug-likeness (QED) is 0.673. The van der Waals surface area contributed by atoms with E-state index < -0.39 is 0 Å². The first-order chi connectivity index (χ1) is 13.0. The van der Waals surface area contributed by atoms with Gasteiger partial charge in [-0.2, -0.15) is 0 Å². The number of benzene rings is 1. The third-order valence-corrected chi connectivity index (χ3v) is 6.33. The van der Waals surface area contributed by atoms with Crippen molar-refractivity contribution in [2.24, 2.45) is 5.92 Å². The number of H-pyrrole nitrogens is 1. The van der Waals surface area contributed by atoms with Gasteiger partial charge in [-0.1, -0.05) is 24.6 Å². The molecule has 0 saturated heterocycles. The highest BCUT2D eigenvalue weighted by atomic mass is 35.5. The van der Waals surface area contributed by atoms with Crippen molar-refractivity contribution in [1.29, 1.82) is 0 Å². The van der Waals surface area contributed by atoms with E-state index in [0.717, 1.165) is 35.2 Å². The minimum atomic E-state index is -0.142. The van der Waals surface area contributed by atoms with Crippen LogP contribution in [0.2, 0.25) is 0 Å². The first-order valence-electron chi connectivity index (χ1n) is 8.75. The zero-order valence-electron chi connectivity index (χ0n) is 15.0. The Morgan fingerprint density at radius 1 is 1.48 bits per heavy atom. The molecule has 1 aliphatic carbocycles. The molecule has 140 valence electrons. The summed E-state index contributed by atoms with van der Waals surface area (Å²) in [7, 11) is 1.48. The van der Waals surface area contributed by atoms with Crippen molar-refractivity contribution in [2.45, 2.75) is 26.2 Å². The maximum atomic E-state index is 12.7. The van der Waals surface area contributed by atoms with E-state index in [2.05, 4.69) is 16.9 Å². The van der Waals surface area contributed by atoms with Gasteiger partial charge in [0, 0.05) is 4.88 Å². The number of halogens is 1. The second kappa shape index (κ2) is 7.02. The largest absolute Gasteiger partial charge is 0.504 e. The molecule has 7 heteroatoms. The van der Waals surface area contributed by atoms with Crippen LogP contribution >= 0.6 is 22.9 Å². The lowest BCUT2D eigenvalue weighted by molar-refractivity contribution is 0.373. The molecule has 2 N–H and O–H groups in total. The van der Waals surface area contributed by atoms with Crippen molar-refractivity contribution in [3.63, 3.8) is 0 Å². The summed E-state index contributed by atoms with van der Waals surface area (Å²) >= 11 is 8.02. The number of aromatic amines is 1. The third-order valence-electron chi connectivity index (χ3n) is 4.89. The molecule has 27 heavy (non-hydrogen) atoms. The fraction of sp³-hybridized carbons (Fsp3) is 0.300. The van der Waals surface area contributed by atoms with Crippen molar-refractivity contribution in [1.82, 2.24) is 9.97 Å². The maximum Gasteiger partial charge on any atom is 0.260 e. The van der Waals surface area contributed by atoms with E-state index >= 15 is 0 Å². The molecule has 1 aliphatic rings. The molecular weight excluding hydrogens is 384 g/mol. The fourth-order valence-corrected chi connectivity index (χ4v) is 5.06. The van der Waals surface area contributed by atoms with E-state index in [9.17, 15) is 9.90 Å². The summed E-state index contributed by atoms with van der Waals surface area (Å²) in [4.78, 5) is 22.1. The number of nitrogens with zero attached hydrogens (tertiary/aromatic N) is 1. The molecule has 1 atom stereocenters. The number of nitrogens with one attached hydrogen (secondary N) is 1. The van der Waals surface area contributed by atoms with Gasteiger partial charge in [-0.25, -0.2) is 4.98 Å². The summed E-state index contributed by atoms with van der Waals surface area (Å²) in [5, 5.41) is 10.7. The Morgan fingerprint density at radius 2 is 2.30 bits per heavy atom. The topological polar surface area (TPSA) is 75.2 Å². The normalized spacial score (nSPS) is 17.1. The number of aryl methyl sites for hydroxylation is 1. The first kappa shape index (κ1) is 18.1. The number of hydrogen-bond donors (Lipinski definition) is 2. The molecule has 3 aromatic rings. The van der Waals surface area contributed by atoms with Crippen LogP contribution in [0.3, 0.4) is 0 Å². The number of hydrogen-bond acceptors (Lipinski definition) is 5. The van der Waals surface area contributed by atoms with Crippen molar-refractivity contribution >= 4 is 44.3 Å². The predicted octanol–water partition coefficient (Wildman–Crippen LogP) is 4.56. The van der Waals surface area contributed by atoms with Gasteiger partial charge in [0.1, 0.15) is 4.83 Å². The number of rotatable bonds is 3. The minimum absolute atomic E-state index is 0.0529. The number of aromatic hydroxyl groups is 1. The Morgan fingerprint density at radius 3 is 3.07 bits per heavy atom. The van der Waals surface area contributed by atoms with Crippen molar-refractivity contribution < 1.29 is 9.84 Å². The van der Waals surface area contributed by atoms with Gasteiger partial charge in [0.2, 0.25) is 0 Å². The summed E-state index contributed by atoms with van der Waals surface area (Å²) in [6.07, 6.45) is 4.71. The molecule has 2 heterocycles. The van der Waals surface area contributed by atoms with E-state index in [1.54, 1.807) is 29.5 Å². The van der Waals surface area contributed by atoms with Gasteiger partial charge < -0.3 is 14.8 Å². The molecule has 1 aromatic carbocycles. The lowest BCUT2D eigenvalue weighted by Gasteiger charge is -2.17. The molecule has 0 unspecified atom stereocenters. The van der Waals surface area contributed by atoms with Crippen LogP contribution in [0.25, 0.3) is 21.3 Å². The van der Waals surface area contributed by atoms with Gasteiger partial charge >= 0.3 is 0 Å². The molecule has 0 bridgehead atoms. The molecule has 0 amide bonds. The SMILES string of the molecule is COc1cc(/C=C(\Cl)c2nc3sc4c(c3c(=O)[nH]2)CC[C@H](C)C4)ccc1O. The second-order valence-corrected chi connectivity index (χ2v) is 8.36. The van der Waals surface area contributed by atoms with Crippen LogP contribution in [0.1, 0.15) is 35.2 Å². The molecular formula is C20H19ClN2O3S. The van der Waals surface area contributed by atoms with Crippen molar-refractivity contribution in [3.8, 4) is 11.5 Å². The van der Waals surface area contributed by atoms with E-state index in [4.69, 9.17) is 16.3 Å². The Bertz CT molecular complexity index is 1120. The summed E-state index contributed by atoms with van der Waals surface area (Å²) in [6, 6.07) is 4.91. The van der Waals surface area contributed by atoms with E-state index in [1.165, 1.54) is 18.1 Å². The lowest BCUT2D eigenvalue weighted by Crippen LogP contribution is -2.14. The first-order valence-corrected chi connectivity index (χ1v) is 9.95. The number of thiophene rings is 1. The average molecular weight is 403 g/mol. The lowest BCUT2D eigenvalue weighted by atomic mass is 9.89. The smallest absolute Gasteiger partial charge is 0.260 e. The van der Waals surface area contributed by atoms with Gasteiger partial charge in [0.15, 0.2) is 17.3 Å². The highest BCUT2D eigenvalue weighted by Crippen LogP contribution is 2.36. The minimum Gasteiger partial charge on any atom is -0.504 e. The standard InChI is InChI=1S/C20H19ClN2O3S/c1-10-3-5-12-16(7-10)27-20-17(12)19(25)22-18(23-20)13(21)8-11-4-6-14(24)15(9-11)26-2/h4,6,8-10,24H,3,5,7H2,1-2H3,(H,22,23,25)/b13-8-/t10-/m0/s1. The summed E-state index contributed by atoms with van der Waals surface area (Å²) < 4.78 is 5.11. The molecule has 0 saturated carbocycles. The van der Waals surface area contributed by atoms with E-state index in [0.29, 0.717) is 27.9 Å². The zero-order valence-corrected chi connectivity index (χ0v) is 16.6. The molecule has 0 aliphatic heterocycles. The Kier molecular flexibility index (Phi) is 4.70. The average Bonchev–Trinajstić information content (AvgIpc) is 3.00. The molecule has 0 radical (unpaired) electrons. The van der Waals surface area contributed by atoms with Crippen LogP contribution < -0.4 is 10.3 Å². The number of aromatic nitrogens is 2. The van der Waals surface area contributed by atoms with Gasteiger partial charge in [0.25, 0.3) is 5.56 Å². The monoisotopic (exact) mass is 402 g/mol. The van der Waals surface area contributed by atoms with Gasteiger partial charge in [-0.3, -0.25) is 4.79 Å². The number of fused-ring (bicyclic) bond motifs is 3. The molecule has 2 aromatic heterocycles. The van der Waals surface area contributed by atoms with E-state index in [1.807, 2.05) is 0 Å². The zero-order chi connectivity index (χ0) is 19.1. The van der Waals surface area contributed by atoms with Crippen molar-refractivity contribution in [2.75, 3.05) is 7.11 Å². The van der Waals surface area contributed by atoms with Crippen LogP contribution in [0, 0.1) is 5.92 Å². The summed E-state index contributed by atoms with van der Waals surface area (Å²) in [5.74, 6) is 1.38. The number of methoxy groups -OCH3 is 1. The van der Waals surface area contributed by atoms with Crippen molar-refractivity contribution in [3.05, 3.63) is 50.4 Å². The van der Waals surface area contributed by atoms with Crippen LogP contribution in [0.5, 0.6) is 11.5 Å². The second-order valence-electron chi connectivity index (χ2n) is 6.87.